The smallest absolute Gasteiger partial charge is 0.326 e. The van der Waals surface area contributed by atoms with Gasteiger partial charge in [-0.1, -0.05) is 111 Å². The molecule has 0 saturated carbocycles. The Hall–Kier alpha value is -4.71. The number of rotatable bonds is 15. The van der Waals surface area contributed by atoms with Crippen molar-refractivity contribution in [3.8, 4) is 11.1 Å². The second kappa shape index (κ2) is 15.5. The summed E-state index contributed by atoms with van der Waals surface area (Å²) in [5, 5.41) is 13.1. The highest BCUT2D eigenvalue weighted by Crippen LogP contribution is 2.26. The van der Waals surface area contributed by atoms with Gasteiger partial charge >= 0.3 is 5.97 Å². The van der Waals surface area contributed by atoms with E-state index in [4.69, 9.17) is 0 Å². The number of para-hydroxylation sites is 1. The van der Waals surface area contributed by atoms with Crippen LogP contribution in [0.25, 0.3) is 11.1 Å². The minimum atomic E-state index is -1.00. The summed E-state index contributed by atoms with van der Waals surface area (Å²) >= 11 is 0. The molecule has 0 spiro atoms. The second-order valence-corrected chi connectivity index (χ2v) is 10.8. The molecule has 0 heterocycles. The molecule has 1 unspecified atom stereocenters. The molecule has 43 heavy (non-hydrogen) atoms. The summed E-state index contributed by atoms with van der Waals surface area (Å²) in [6.07, 6.45) is 6.33. The largest absolute Gasteiger partial charge is 0.480 e. The van der Waals surface area contributed by atoms with E-state index in [2.05, 4.69) is 12.2 Å². The van der Waals surface area contributed by atoms with Gasteiger partial charge in [-0.3, -0.25) is 9.59 Å². The zero-order valence-corrected chi connectivity index (χ0v) is 25.0. The number of carbonyl (C=O) groups excluding carboxylic acids is 2. The predicted molar refractivity (Wildman–Crippen MR) is 174 cm³/mol. The van der Waals surface area contributed by atoms with Gasteiger partial charge in [0.2, 0.25) is 5.91 Å². The number of unbranched alkanes of at least 4 members (excludes halogenated alkanes) is 4. The van der Waals surface area contributed by atoms with E-state index in [1.165, 1.54) is 19.3 Å². The molecule has 6 heteroatoms. The molecule has 6 nitrogen and oxygen atoms in total. The Balaban J connectivity index is 1.43. The molecule has 4 aromatic carbocycles. The fourth-order valence-corrected chi connectivity index (χ4v) is 5.09. The van der Waals surface area contributed by atoms with Gasteiger partial charge in [-0.25, -0.2) is 4.79 Å². The Morgan fingerprint density at radius 2 is 1.47 bits per heavy atom. The van der Waals surface area contributed by atoms with Gasteiger partial charge in [-0.05, 0) is 47.4 Å². The number of benzene rings is 4. The zero-order chi connectivity index (χ0) is 30.6. The first-order chi connectivity index (χ1) is 20.9. The van der Waals surface area contributed by atoms with Crippen molar-refractivity contribution in [2.24, 2.45) is 0 Å². The quantitative estimate of drug-likeness (QED) is 0.111. The van der Waals surface area contributed by atoms with Crippen LogP contribution in [0.15, 0.2) is 103 Å². The molecule has 0 aromatic heterocycles. The highest BCUT2D eigenvalue weighted by molar-refractivity contribution is 6.12. The fraction of sp³-hybridized carbons (Fsp3) is 0.270. The normalized spacial score (nSPS) is 11.5. The topological polar surface area (TPSA) is 86.7 Å². The lowest BCUT2D eigenvalue weighted by Crippen LogP contribution is -2.32. The molecule has 0 saturated heterocycles. The maximum Gasteiger partial charge on any atom is 0.326 e. The van der Waals surface area contributed by atoms with Gasteiger partial charge in [0.25, 0.3) is 0 Å². The van der Waals surface area contributed by atoms with E-state index in [1.807, 2.05) is 61.6 Å². The van der Waals surface area contributed by atoms with Crippen LogP contribution >= 0.6 is 0 Å². The first-order valence-electron chi connectivity index (χ1n) is 15.0. The first-order valence-corrected chi connectivity index (χ1v) is 15.0. The van der Waals surface area contributed by atoms with Gasteiger partial charge in [-0.2, -0.15) is 0 Å². The van der Waals surface area contributed by atoms with E-state index in [9.17, 15) is 19.5 Å². The maximum absolute atomic E-state index is 13.1. The molecular weight excluding hydrogens is 536 g/mol. The number of hydrogen-bond donors (Lipinski definition) is 2. The van der Waals surface area contributed by atoms with Crippen LogP contribution in [0.5, 0.6) is 0 Å². The zero-order valence-electron chi connectivity index (χ0n) is 25.0. The van der Waals surface area contributed by atoms with Crippen LogP contribution in [0.4, 0.5) is 11.4 Å². The number of anilines is 2. The molecular formula is C37H40N2O4. The molecule has 4 aromatic rings. The summed E-state index contributed by atoms with van der Waals surface area (Å²) in [5.41, 5.74) is 5.10. The lowest BCUT2D eigenvalue weighted by atomic mass is 9.98. The number of amides is 1. The fourth-order valence-electron chi connectivity index (χ4n) is 5.09. The average molecular weight is 577 g/mol. The Kier molecular flexibility index (Phi) is 11.3. The summed E-state index contributed by atoms with van der Waals surface area (Å²) in [7, 11) is 1.82. The third kappa shape index (κ3) is 8.65. The van der Waals surface area contributed by atoms with Crippen molar-refractivity contribution in [3.05, 3.63) is 120 Å². The number of carboxylic acids is 1. The van der Waals surface area contributed by atoms with Crippen molar-refractivity contribution in [1.29, 1.82) is 0 Å². The lowest BCUT2D eigenvalue weighted by Gasteiger charge is -2.19. The molecule has 0 bridgehead atoms. The second-order valence-electron chi connectivity index (χ2n) is 10.8. The van der Waals surface area contributed by atoms with Gasteiger partial charge in [0.15, 0.2) is 5.78 Å². The Morgan fingerprint density at radius 3 is 2.19 bits per heavy atom. The van der Waals surface area contributed by atoms with Crippen molar-refractivity contribution in [3.63, 3.8) is 0 Å². The van der Waals surface area contributed by atoms with Crippen molar-refractivity contribution >= 4 is 29.0 Å². The van der Waals surface area contributed by atoms with E-state index in [0.29, 0.717) is 23.2 Å². The third-order valence-corrected chi connectivity index (χ3v) is 7.66. The van der Waals surface area contributed by atoms with E-state index < -0.39 is 12.0 Å². The van der Waals surface area contributed by atoms with Crippen LogP contribution in [-0.2, 0) is 16.0 Å². The maximum atomic E-state index is 13.1. The van der Waals surface area contributed by atoms with Crippen LogP contribution in [0.3, 0.4) is 0 Å². The SMILES string of the molecule is CCCCCCCC(=O)N(C)c1cccc(-c2ccc(CC(Nc3ccccc3C(=O)c3ccccc3)C(=O)O)cc2)c1. The monoisotopic (exact) mass is 576 g/mol. The number of ketones is 1. The number of nitrogens with zero attached hydrogens (tertiary/aromatic N) is 1. The van der Waals surface area contributed by atoms with Crippen LogP contribution in [-0.4, -0.2) is 35.9 Å². The molecule has 1 amide bonds. The summed E-state index contributed by atoms with van der Waals surface area (Å²) in [6.45, 7) is 2.18. The van der Waals surface area contributed by atoms with Gasteiger partial charge in [0.05, 0.1) is 0 Å². The van der Waals surface area contributed by atoms with Gasteiger partial charge in [0, 0.05) is 42.4 Å². The predicted octanol–water partition coefficient (Wildman–Crippen LogP) is 8.02. The molecule has 4 rings (SSSR count). The molecule has 0 aliphatic rings. The number of nitrogens with one attached hydrogen (secondary N) is 1. The summed E-state index contributed by atoms with van der Waals surface area (Å²) in [6, 6.07) is 30.7. The number of carbonyl (C=O) groups is 3. The third-order valence-electron chi connectivity index (χ3n) is 7.66. The van der Waals surface area contributed by atoms with E-state index in [1.54, 1.807) is 53.4 Å². The van der Waals surface area contributed by atoms with Crippen LogP contribution in [0, 0.1) is 0 Å². The van der Waals surface area contributed by atoms with Crippen molar-refractivity contribution in [1.82, 2.24) is 0 Å². The Bertz CT molecular complexity index is 1520. The summed E-state index contributed by atoms with van der Waals surface area (Å²) < 4.78 is 0. The highest BCUT2D eigenvalue weighted by atomic mass is 16.4. The van der Waals surface area contributed by atoms with E-state index in [-0.39, 0.29) is 18.1 Å². The molecule has 0 aliphatic carbocycles. The van der Waals surface area contributed by atoms with Crippen LogP contribution in [0.2, 0.25) is 0 Å². The van der Waals surface area contributed by atoms with E-state index in [0.717, 1.165) is 35.2 Å². The average Bonchev–Trinajstić information content (AvgIpc) is 3.04. The minimum absolute atomic E-state index is 0.114. The molecule has 0 aliphatic heterocycles. The molecule has 2 N–H and O–H groups in total. The highest BCUT2D eigenvalue weighted by Gasteiger charge is 2.21. The summed E-state index contributed by atoms with van der Waals surface area (Å²) in [4.78, 5) is 39.8. The molecule has 1 atom stereocenters. The number of carboxylic acid groups (broad SMARTS) is 1. The van der Waals surface area contributed by atoms with E-state index >= 15 is 0 Å². The summed E-state index contributed by atoms with van der Waals surface area (Å²) in [5.74, 6) is -1.06. The molecule has 222 valence electrons. The van der Waals surface area contributed by atoms with Crippen LogP contribution in [0.1, 0.15) is 66.9 Å². The van der Waals surface area contributed by atoms with Crippen molar-refractivity contribution in [2.45, 2.75) is 57.9 Å². The number of aliphatic carboxylic acids is 1. The lowest BCUT2D eigenvalue weighted by molar-refractivity contribution is -0.137. The van der Waals surface area contributed by atoms with Gasteiger partial charge in [0.1, 0.15) is 6.04 Å². The van der Waals surface area contributed by atoms with Crippen molar-refractivity contribution in [2.75, 3.05) is 17.3 Å². The van der Waals surface area contributed by atoms with Gasteiger partial charge in [-0.15, -0.1) is 0 Å². The van der Waals surface area contributed by atoms with Gasteiger partial charge < -0.3 is 15.3 Å². The first kappa shape index (κ1) is 31.2. The van der Waals surface area contributed by atoms with Crippen LogP contribution < -0.4 is 10.2 Å². The molecule has 0 radical (unpaired) electrons. The number of hydrogen-bond acceptors (Lipinski definition) is 4. The Morgan fingerprint density at radius 1 is 0.767 bits per heavy atom. The standard InChI is InChI=1S/C37H40N2O4/c1-3-4-5-6-10-20-35(40)39(2)31-17-13-16-30(26-31)28-23-21-27(22-24-28)25-34(37(42)43)38-33-19-12-11-18-32(33)36(41)29-14-8-7-9-15-29/h7-9,11-19,21-24,26,34,38H,3-6,10,20,25H2,1-2H3,(H,42,43). The minimum Gasteiger partial charge on any atom is -0.480 e. The molecule has 0 fully saturated rings. The van der Waals surface area contributed by atoms with Crippen molar-refractivity contribution < 1.29 is 19.5 Å². The Labute approximate surface area is 254 Å².